The Morgan fingerprint density at radius 2 is 2.31 bits per heavy atom. The average molecular weight is 240 g/mol. The summed E-state index contributed by atoms with van der Waals surface area (Å²) in [7, 11) is 0. The maximum Gasteiger partial charge on any atom is 0.148 e. The molecule has 0 saturated heterocycles. The lowest BCUT2D eigenvalue weighted by molar-refractivity contribution is 0.367. The number of halogens is 1. The normalized spacial score (nSPS) is 9.31. The van der Waals surface area contributed by atoms with Crippen LogP contribution in [-0.2, 0) is 6.54 Å². The van der Waals surface area contributed by atoms with Crippen molar-refractivity contribution in [2.24, 2.45) is 5.73 Å². The topological polar surface area (TPSA) is 35.2 Å². The standard InChI is InChI=1S/C10H10BrNO/c1-2-6-13-9-5-3-4-8(7-12)10(9)11/h1,3-5H,6-7,12H2. The van der Waals surface area contributed by atoms with E-state index in [4.69, 9.17) is 16.9 Å². The van der Waals surface area contributed by atoms with Crippen LogP contribution in [0.15, 0.2) is 22.7 Å². The van der Waals surface area contributed by atoms with Crippen molar-refractivity contribution in [1.82, 2.24) is 0 Å². The van der Waals surface area contributed by atoms with E-state index in [9.17, 15) is 0 Å². The Hall–Kier alpha value is -0.980. The Labute approximate surface area is 86.2 Å². The first-order valence-corrected chi connectivity index (χ1v) is 4.62. The van der Waals surface area contributed by atoms with E-state index in [1.165, 1.54) is 0 Å². The molecular formula is C10H10BrNO. The lowest BCUT2D eigenvalue weighted by Gasteiger charge is -2.07. The molecule has 0 heterocycles. The maximum atomic E-state index is 5.52. The van der Waals surface area contributed by atoms with E-state index in [0.29, 0.717) is 6.54 Å². The molecule has 0 saturated carbocycles. The fourth-order valence-corrected chi connectivity index (χ4v) is 1.49. The van der Waals surface area contributed by atoms with E-state index in [0.717, 1.165) is 15.8 Å². The first-order valence-electron chi connectivity index (χ1n) is 3.83. The monoisotopic (exact) mass is 239 g/mol. The summed E-state index contributed by atoms with van der Waals surface area (Å²) in [5, 5.41) is 0. The van der Waals surface area contributed by atoms with Gasteiger partial charge in [-0.05, 0) is 27.6 Å². The molecule has 1 rings (SSSR count). The van der Waals surface area contributed by atoms with Crippen LogP contribution in [0.25, 0.3) is 0 Å². The molecule has 1 aromatic carbocycles. The van der Waals surface area contributed by atoms with E-state index < -0.39 is 0 Å². The van der Waals surface area contributed by atoms with Crippen molar-refractivity contribution in [1.29, 1.82) is 0 Å². The van der Waals surface area contributed by atoms with Gasteiger partial charge in [0.15, 0.2) is 0 Å². The second kappa shape index (κ2) is 4.90. The highest BCUT2D eigenvalue weighted by molar-refractivity contribution is 9.10. The molecule has 3 heteroatoms. The van der Waals surface area contributed by atoms with Crippen LogP contribution in [0.2, 0.25) is 0 Å². The van der Waals surface area contributed by atoms with Gasteiger partial charge in [-0.2, -0.15) is 0 Å². The van der Waals surface area contributed by atoms with E-state index >= 15 is 0 Å². The number of nitrogens with two attached hydrogens (primary N) is 1. The predicted molar refractivity (Wildman–Crippen MR) is 56.4 cm³/mol. The molecule has 0 aromatic heterocycles. The van der Waals surface area contributed by atoms with Crippen LogP contribution in [0.5, 0.6) is 5.75 Å². The third kappa shape index (κ3) is 2.48. The number of hydrogen-bond donors (Lipinski definition) is 1. The zero-order valence-corrected chi connectivity index (χ0v) is 8.67. The molecule has 0 unspecified atom stereocenters. The predicted octanol–water partition coefficient (Wildman–Crippen LogP) is 1.92. The van der Waals surface area contributed by atoms with Crippen LogP contribution in [0.1, 0.15) is 5.56 Å². The summed E-state index contributed by atoms with van der Waals surface area (Å²) in [5.41, 5.74) is 6.53. The number of terminal acetylenes is 1. The second-order valence-electron chi connectivity index (χ2n) is 2.43. The zero-order chi connectivity index (χ0) is 9.68. The lowest BCUT2D eigenvalue weighted by atomic mass is 10.2. The lowest BCUT2D eigenvalue weighted by Crippen LogP contribution is -2.00. The molecule has 1 aromatic rings. The summed E-state index contributed by atoms with van der Waals surface area (Å²) in [6, 6.07) is 5.67. The Kier molecular flexibility index (Phi) is 3.81. The molecular weight excluding hydrogens is 230 g/mol. The Bertz CT molecular complexity index is 330. The van der Waals surface area contributed by atoms with E-state index in [1.807, 2.05) is 18.2 Å². The Morgan fingerprint density at radius 3 is 2.92 bits per heavy atom. The van der Waals surface area contributed by atoms with Gasteiger partial charge in [-0.3, -0.25) is 0 Å². The third-order valence-electron chi connectivity index (χ3n) is 1.57. The molecule has 0 aliphatic carbocycles. The SMILES string of the molecule is C#CCOc1cccc(CN)c1Br. The van der Waals surface area contributed by atoms with E-state index in [1.54, 1.807) is 0 Å². The summed E-state index contributed by atoms with van der Waals surface area (Å²) < 4.78 is 6.17. The summed E-state index contributed by atoms with van der Waals surface area (Å²) in [6.07, 6.45) is 5.08. The number of benzene rings is 1. The van der Waals surface area contributed by atoms with E-state index in [-0.39, 0.29) is 6.61 Å². The van der Waals surface area contributed by atoms with Gasteiger partial charge in [-0.15, -0.1) is 6.42 Å². The van der Waals surface area contributed by atoms with Crippen LogP contribution >= 0.6 is 15.9 Å². The molecule has 0 aliphatic rings. The van der Waals surface area contributed by atoms with Gasteiger partial charge in [-0.1, -0.05) is 18.1 Å². The van der Waals surface area contributed by atoms with Gasteiger partial charge in [0.25, 0.3) is 0 Å². The number of ether oxygens (including phenoxy) is 1. The minimum Gasteiger partial charge on any atom is -0.480 e. The Balaban J connectivity index is 2.89. The molecule has 0 bridgehead atoms. The van der Waals surface area contributed by atoms with Crippen LogP contribution in [0, 0.1) is 12.3 Å². The van der Waals surface area contributed by atoms with Crippen LogP contribution in [-0.4, -0.2) is 6.61 Å². The van der Waals surface area contributed by atoms with Gasteiger partial charge in [0, 0.05) is 6.54 Å². The van der Waals surface area contributed by atoms with Gasteiger partial charge in [0.2, 0.25) is 0 Å². The molecule has 2 N–H and O–H groups in total. The van der Waals surface area contributed by atoms with Crippen molar-refractivity contribution in [2.45, 2.75) is 6.54 Å². The maximum absolute atomic E-state index is 5.52. The molecule has 0 spiro atoms. The molecule has 68 valence electrons. The Morgan fingerprint density at radius 1 is 1.54 bits per heavy atom. The largest absolute Gasteiger partial charge is 0.480 e. The fraction of sp³-hybridized carbons (Fsp3) is 0.200. The highest BCUT2D eigenvalue weighted by Gasteiger charge is 2.03. The zero-order valence-electron chi connectivity index (χ0n) is 7.09. The van der Waals surface area contributed by atoms with Crippen molar-refractivity contribution in [2.75, 3.05) is 6.61 Å². The minimum absolute atomic E-state index is 0.270. The van der Waals surface area contributed by atoms with Gasteiger partial charge < -0.3 is 10.5 Å². The molecule has 0 radical (unpaired) electrons. The first kappa shape index (κ1) is 10.1. The second-order valence-corrected chi connectivity index (χ2v) is 3.22. The van der Waals surface area contributed by atoms with E-state index in [2.05, 4.69) is 21.9 Å². The molecule has 0 fully saturated rings. The van der Waals surface area contributed by atoms with Crippen LogP contribution < -0.4 is 10.5 Å². The molecule has 0 amide bonds. The molecule has 0 aliphatic heterocycles. The van der Waals surface area contributed by atoms with Gasteiger partial charge in [0.05, 0.1) is 4.47 Å². The molecule has 2 nitrogen and oxygen atoms in total. The van der Waals surface area contributed by atoms with Crippen molar-refractivity contribution in [3.8, 4) is 18.1 Å². The van der Waals surface area contributed by atoms with Crippen molar-refractivity contribution in [3.63, 3.8) is 0 Å². The number of rotatable bonds is 3. The number of hydrogen-bond acceptors (Lipinski definition) is 2. The quantitative estimate of drug-likeness (QED) is 0.819. The van der Waals surface area contributed by atoms with Crippen molar-refractivity contribution in [3.05, 3.63) is 28.2 Å². The van der Waals surface area contributed by atoms with Crippen molar-refractivity contribution < 1.29 is 4.74 Å². The molecule has 0 atom stereocenters. The average Bonchev–Trinajstić information content (AvgIpc) is 2.16. The summed E-state index contributed by atoms with van der Waals surface area (Å²) in [4.78, 5) is 0. The minimum atomic E-state index is 0.270. The first-order chi connectivity index (χ1) is 6.29. The van der Waals surface area contributed by atoms with Crippen molar-refractivity contribution >= 4 is 15.9 Å². The van der Waals surface area contributed by atoms with Gasteiger partial charge in [0.1, 0.15) is 12.4 Å². The van der Waals surface area contributed by atoms with Crippen LogP contribution in [0.4, 0.5) is 0 Å². The van der Waals surface area contributed by atoms with Gasteiger partial charge >= 0.3 is 0 Å². The summed E-state index contributed by atoms with van der Waals surface area (Å²) >= 11 is 3.40. The summed E-state index contributed by atoms with van der Waals surface area (Å²) in [6.45, 7) is 0.750. The smallest absolute Gasteiger partial charge is 0.148 e. The highest BCUT2D eigenvalue weighted by atomic mass is 79.9. The third-order valence-corrected chi connectivity index (χ3v) is 2.47. The molecule has 13 heavy (non-hydrogen) atoms. The fourth-order valence-electron chi connectivity index (χ4n) is 0.945. The van der Waals surface area contributed by atoms with Crippen LogP contribution in [0.3, 0.4) is 0 Å². The summed E-state index contributed by atoms with van der Waals surface area (Å²) in [5.74, 6) is 3.14. The highest BCUT2D eigenvalue weighted by Crippen LogP contribution is 2.28. The van der Waals surface area contributed by atoms with Gasteiger partial charge in [-0.25, -0.2) is 0 Å².